The average Bonchev–Trinajstić information content (AvgIpc) is 2.94. The topological polar surface area (TPSA) is 94.0 Å². The molecule has 1 aromatic heterocycles. The Morgan fingerprint density at radius 1 is 1.61 bits per heavy atom. The molecular weight excluding hydrogens is 256 g/mol. The summed E-state index contributed by atoms with van der Waals surface area (Å²) in [6.07, 6.45) is 3.47. The number of amides is 1. The number of carbonyl (C=O) groups is 1. The van der Waals surface area contributed by atoms with Crippen molar-refractivity contribution in [1.29, 1.82) is 0 Å². The van der Waals surface area contributed by atoms with Gasteiger partial charge in [-0.3, -0.25) is 4.79 Å². The van der Waals surface area contributed by atoms with E-state index in [1.807, 2.05) is 0 Å². The number of hydrogen-bond donors (Lipinski definition) is 1. The van der Waals surface area contributed by atoms with Crippen LogP contribution < -0.4 is 5.32 Å². The van der Waals surface area contributed by atoms with Gasteiger partial charge in [0.15, 0.2) is 9.84 Å². The van der Waals surface area contributed by atoms with Gasteiger partial charge >= 0.3 is 0 Å². The smallest absolute Gasteiger partial charge is 0.244 e. The van der Waals surface area contributed by atoms with Gasteiger partial charge in [-0.2, -0.15) is 5.10 Å². The Labute approximate surface area is 106 Å². The van der Waals surface area contributed by atoms with Crippen molar-refractivity contribution in [1.82, 2.24) is 20.1 Å². The molecule has 1 aromatic rings. The molecule has 1 saturated heterocycles. The second-order valence-corrected chi connectivity index (χ2v) is 6.79. The summed E-state index contributed by atoms with van der Waals surface area (Å²) in [5.41, 5.74) is 0. The molecule has 1 aliphatic heterocycles. The zero-order chi connectivity index (χ0) is 13.2. The van der Waals surface area contributed by atoms with Crippen LogP contribution in [0.3, 0.4) is 0 Å². The molecular formula is C10H16N4O3S. The maximum absolute atomic E-state index is 11.8. The third kappa shape index (κ3) is 3.06. The van der Waals surface area contributed by atoms with Gasteiger partial charge in [-0.25, -0.2) is 18.1 Å². The van der Waals surface area contributed by atoms with Gasteiger partial charge in [0.05, 0.1) is 11.5 Å². The van der Waals surface area contributed by atoms with Crippen molar-refractivity contribution < 1.29 is 13.2 Å². The van der Waals surface area contributed by atoms with Crippen LogP contribution in [-0.4, -0.2) is 47.1 Å². The summed E-state index contributed by atoms with van der Waals surface area (Å²) in [4.78, 5) is 15.6. The van der Waals surface area contributed by atoms with E-state index in [4.69, 9.17) is 0 Å². The van der Waals surface area contributed by atoms with Gasteiger partial charge in [-0.05, 0) is 19.3 Å². The summed E-state index contributed by atoms with van der Waals surface area (Å²) in [6, 6.07) is -0.439. The van der Waals surface area contributed by atoms with Gasteiger partial charge < -0.3 is 5.32 Å². The van der Waals surface area contributed by atoms with E-state index < -0.39 is 15.9 Å². The predicted octanol–water partition coefficient (Wildman–Crippen LogP) is -0.610. The lowest BCUT2D eigenvalue weighted by Gasteiger charge is -2.14. The maximum atomic E-state index is 11.8. The van der Waals surface area contributed by atoms with E-state index in [2.05, 4.69) is 15.4 Å². The Kier molecular flexibility index (Phi) is 3.65. The van der Waals surface area contributed by atoms with E-state index >= 15 is 0 Å². The van der Waals surface area contributed by atoms with Gasteiger partial charge in [-0.1, -0.05) is 0 Å². The van der Waals surface area contributed by atoms with E-state index in [9.17, 15) is 13.2 Å². The molecule has 2 rings (SSSR count). The number of nitrogens with one attached hydrogen (secondary N) is 1. The van der Waals surface area contributed by atoms with Crippen LogP contribution in [0.5, 0.6) is 0 Å². The molecule has 100 valence electrons. The molecule has 0 saturated carbocycles. The Balaban J connectivity index is 1.82. The summed E-state index contributed by atoms with van der Waals surface area (Å²) >= 11 is 0. The number of hydrogen-bond acceptors (Lipinski definition) is 5. The van der Waals surface area contributed by atoms with Crippen molar-refractivity contribution in [2.24, 2.45) is 5.92 Å². The lowest BCUT2D eigenvalue weighted by molar-refractivity contribution is -0.124. The highest BCUT2D eigenvalue weighted by molar-refractivity contribution is 7.91. The molecule has 18 heavy (non-hydrogen) atoms. The van der Waals surface area contributed by atoms with Crippen molar-refractivity contribution in [3.8, 4) is 0 Å². The third-order valence-corrected chi connectivity index (χ3v) is 4.94. The van der Waals surface area contributed by atoms with Gasteiger partial charge in [0.1, 0.15) is 18.7 Å². The first-order chi connectivity index (χ1) is 8.48. The summed E-state index contributed by atoms with van der Waals surface area (Å²) in [6.45, 7) is 2.12. The fourth-order valence-electron chi connectivity index (χ4n) is 1.96. The second-order valence-electron chi connectivity index (χ2n) is 4.57. The van der Waals surface area contributed by atoms with Gasteiger partial charge in [0.25, 0.3) is 0 Å². The molecule has 1 amide bonds. The lowest BCUT2D eigenvalue weighted by Crippen LogP contribution is -2.35. The molecule has 0 spiro atoms. The zero-order valence-electron chi connectivity index (χ0n) is 10.1. The van der Waals surface area contributed by atoms with Crippen LogP contribution in [0.15, 0.2) is 12.7 Å². The zero-order valence-corrected chi connectivity index (χ0v) is 10.9. The normalized spacial score (nSPS) is 23.7. The highest BCUT2D eigenvalue weighted by Crippen LogP contribution is 2.17. The largest absolute Gasteiger partial charge is 0.354 e. The van der Waals surface area contributed by atoms with Gasteiger partial charge in [-0.15, -0.1) is 0 Å². The minimum absolute atomic E-state index is 0.0295. The average molecular weight is 272 g/mol. The van der Waals surface area contributed by atoms with Crippen LogP contribution in [0.1, 0.15) is 19.4 Å². The van der Waals surface area contributed by atoms with E-state index in [0.717, 1.165) is 0 Å². The summed E-state index contributed by atoms with van der Waals surface area (Å²) in [5, 5.41) is 6.65. The predicted molar refractivity (Wildman–Crippen MR) is 64.5 cm³/mol. The van der Waals surface area contributed by atoms with Gasteiger partial charge in [0, 0.05) is 6.54 Å². The molecule has 0 aromatic carbocycles. The number of sulfone groups is 1. The van der Waals surface area contributed by atoms with Crippen molar-refractivity contribution in [3.63, 3.8) is 0 Å². The minimum atomic E-state index is -2.89. The maximum Gasteiger partial charge on any atom is 0.244 e. The molecule has 0 aliphatic carbocycles. The minimum Gasteiger partial charge on any atom is -0.354 e. The number of carbonyl (C=O) groups excluding carboxylic acids is 1. The van der Waals surface area contributed by atoms with Crippen LogP contribution in [0.25, 0.3) is 0 Å². The van der Waals surface area contributed by atoms with Crippen molar-refractivity contribution in [2.45, 2.75) is 19.4 Å². The standard InChI is InChI=1S/C10H16N4O3S/c1-8(14-7-11-6-13-14)10(15)12-4-9-2-3-18(16,17)5-9/h6-9H,2-5H2,1H3,(H,12,15). The summed E-state index contributed by atoms with van der Waals surface area (Å²) < 4.78 is 24.0. The van der Waals surface area contributed by atoms with Crippen LogP contribution in [0.2, 0.25) is 0 Å². The quantitative estimate of drug-likeness (QED) is 0.789. The fourth-order valence-corrected chi connectivity index (χ4v) is 3.83. The second kappa shape index (κ2) is 5.05. The van der Waals surface area contributed by atoms with E-state index in [-0.39, 0.29) is 23.3 Å². The van der Waals surface area contributed by atoms with E-state index in [1.54, 1.807) is 6.92 Å². The number of rotatable bonds is 4. The number of aromatic nitrogens is 3. The lowest BCUT2D eigenvalue weighted by atomic mass is 10.1. The first kappa shape index (κ1) is 13.0. The molecule has 0 radical (unpaired) electrons. The van der Waals surface area contributed by atoms with E-state index in [1.165, 1.54) is 17.3 Å². The Hall–Kier alpha value is -1.44. The summed E-state index contributed by atoms with van der Waals surface area (Å²) in [7, 11) is -2.89. The van der Waals surface area contributed by atoms with Crippen LogP contribution in [0, 0.1) is 5.92 Å². The van der Waals surface area contributed by atoms with Crippen LogP contribution >= 0.6 is 0 Å². The molecule has 1 fully saturated rings. The van der Waals surface area contributed by atoms with Crippen LogP contribution in [-0.2, 0) is 14.6 Å². The molecule has 2 atom stereocenters. The fraction of sp³-hybridized carbons (Fsp3) is 0.700. The molecule has 7 nitrogen and oxygen atoms in total. The third-order valence-electron chi connectivity index (χ3n) is 3.10. The highest BCUT2D eigenvalue weighted by atomic mass is 32.2. The Bertz CT molecular complexity index is 511. The van der Waals surface area contributed by atoms with Crippen molar-refractivity contribution in [2.75, 3.05) is 18.1 Å². The molecule has 1 aliphatic rings. The van der Waals surface area contributed by atoms with Crippen molar-refractivity contribution >= 4 is 15.7 Å². The summed E-state index contributed by atoms with van der Waals surface area (Å²) in [5.74, 6) is 0.253. The Morgan fingerprint density at radius 3 is 2.94 bits per heavy atom. The molecule has 1 N–H and O–H groups in total. The van der Waals surface area contributed by atoms with Gasteiger partial charge in [0.2, 0.25) is 5.91 Å². The monoisotopic (exact) mass is 272 g/mol. The molecule has 8 heteroatoms. The highest BCUT2D eigenvalue weighted by Gasteiger charge is 2.28. The first-order valence-electron chi connectivity index (χ1n) is 5.80. The van der Waals surface area contributed by atoms with Crippen LogP contribution in [0.4, 0.5) is 0 Å². The molecule has 0 bridgehead atoms. The molecule has 2 unspecified atom stereocenters. The number of nitrogens with zero attached hydrogens (tertiary/aromatic N) is 3. The van der Waals surface area contributed by atoms with Crippen molar-refractivity contribution in [3.05, 3.63) is 12.7 Å². The van der Waals surface area contributed by atoms with E-state index in [0.29, 0.717) is 13.0 Å². The first-order valence-corrected chi connectivity index (χ1v) is 7.62. The molecule has 2 heterocycles. The Morgan fingerprint density at radius 2 is 2.39 bits per heavy atom. The SMILES string of the molecule is CC(C(=O)NCC1CCS(=O)(=O)C1)n1cncn1.